The molecule has 5 nitrogen and oxygen atoms in total. The number of hydrogen-bond acceptors (Lipinski definition) is 4. The van der Waals surface area contributed by atoms with Crippen LogP contribution in [0.5, 0.6) is 0 Å². The highest BCUT2D eigenvalue weighted by Gasteiger charge is 2.26. The number of carbonyl (C=O) groups excluding carboxylic acids is 1. The first-order chi connectivity index (χ1) is 16.4. The monoisotopic (exact) mass is 514 g/mol. The molecule has 1 fully saturated rings. The zero-order valence-electron chi connectivity index (χ0n) is 18.7. The maximum absolute atomic E-state index is 13.1. The molecular formula is C26H27ClN2O3S2. The molecule has 3 aromatic rings. The fraction of sp³-hybridized carbons (Fsp3) is 0.269. The van der Waals surface area contributed by atoms with Gasteiger partial charge in [0.2, 0.25) is 10.0 Å². The summed E-state index contributed by atoms with van der Waals surface area (Å²) in [6, 6.07) is 22.1. The van der Waals surface area contributed by atoms with Gasteiger partial charge >= 0.3 is 0 Å². The summed E-state index contributed by atoms with van der Waals surface area (Å²) in [5.74, 6) is 0.379. The van der Waals surface area contributed by atoms with Crippen molar-refractivity contribution in [1.29, 1.82) is 0 Å². The van der Waals surface area contributed by atoms with Gasteiger partial charge in [-0.15, -0.1) is 11.8 Å². The summed E-state index contributed by atoms with van der Waals surface area (Å²) in [6.45, 7) is 1.00. The minimum absolute atomic E-state index is 0.0947. The van der Waals surface area contributed by atoms with E-state index in [9.17, 15) is 13.2 Å². The predicted octanol–water partition coefficient (Wildman–Crippen LogP) is 6.45. The van der Waals surface area contributed by atoms with Crippen LogP contribution in [0, 0.1) is 0 Å². The first-order valence-corrected chi connectivity index (χ1v) is 14.1. The lowest BCUT2D eigenvalue weighted by Crippen LogP contribution is -2.32. The first kappa shape index (κ1) is 24.8. The highest BCUT2D eigenvalue weighted by molar-refractivity contribution is 7.98. The number of carbonyl (C=O) groups is 1. The molecule has 1 saturated heterocycles. The van der Waals surface area contributed by atoms with E-state index >= 15 is 0 Å². The van der Waals surface area contributed by atoms with Crippen molar-refractivity contribution in [3.63, 3.8) is 0 Å². The van der Waals surface area contributed by atoms with Crippen LogP contribution in [0.15, 0.2) is 82.6 Å². The molecule has 1 aliphatic rings. The molecule has 1 aliphatic heterocycles. The molecule has 1 N–H and O–H groups in total. The fourth-order valence-electron chi connectivity index (χ4n) is 3.84. The Kier molecular flexibility index (Phi) is 8.32. The van der Waals surface area contributed by atoms with Gasteiger partial charge in [0.1, 0.15) is 0 Å². The van der Waals surface area contributed by atoms with Gasteiger partial charge in [-0.05, 0) is 60.9 Å². The van der Waals surface area contributed by atoms with Gasteiger partial charge in [0.25, 0.3) is 5.91 Å². The van der Waals surface area contributed by atoms with E-state index in [0.29, 0.717) is 18.8 Å². The number of sulfonamides is 1. The highest BCUT2D eigenvalue weighted by atomic mass is 35.5. The smallest absolute Gasteiger partial charge is 0.257 e. The molecule has 1 amide bonds. The van der Waals surface area contributed by atoms with Crippen molar-refractivity contribution in [3.8, 4) is 0 Å². The van der Waals surface area contributed by atoms with Crippen LogP contribution in [-0.4, -0.2) is 31.7 Å². The summed E-state index contributed by atoms with van der Waals surface area (Å²) < 4.78 is 27.8. The lowest BCUT2D eigenvalue weighted by Gasteiger charge is -2.20. The normalized spacial score (nSPS) is 15.0. The van der Waals surface area contributed by atoms with E-state index in [2.05, 4.69) is 17.4 Å². The van der Waals surface area contributed by atoms with E-state index in [1.165, 1.54) is 27.4 Å². The molecule has 0 spiro atoms. The third-order valence-electron chi connectivity index (χ3n) is 5.75. The van der Waals surface area contributed by atoms with E-state index in [1.807, 2.05) is 42.5 Å². The second-order valence-electron chi connectivity index (χ2n) is 8.21. The van der Waals surface area contributed by atoms with Crippen molar-refractivity contribution in [1.82, 2.24) is 4.31 Å². The molecule has 0 radical (unpaired) electrons. The molecule has 0 aromatic heterocycles. The van der Waals surface area contributed by atoms with Crippen molar-refractivity contribution in [2.24, 2.45) is 0 Å². The second-order valence-corrected chi connectivity index (χ2v) is 11.6. The quantitative estimate of drug-likeness (QED) is 0.368. The molecule has 8 heteroatoms. The molecule has 1 heterocycles. The number of nitrogens with zero attached hydrogens (tertiary/aromatic N) is 1. The Hall–Kier alpha value is -2.32. The van der Waals surface area contributed by atoms with Gasteiger partial charge in [-0.3, -0.25) is 4.79 Å². The Morgan fingerprint density at radius 3 is 2.26 bits per heavy atom. The van der Waals surface area contributed by atoms with Gasteiger partial charge in [-0.1, -0.05) is 54.8 Å². The number of benzene rings is 3. The Morgan fingerprint density at radius 2 is 1.59 bits per heavy atom. The Labute approximate surface area is 210 Å². The van der Waals surface area contributed by atoms with E-state index in [0.717, 1.165) is 37.0 Å². The molecule has 178 valence electrons. The van der Waals surface area contributed by atoms with Gasteiger partial charge < -0.3 is 5.32 Å². The van der Waals surface area contributed by atoms with E-state index in [1.54, 1.807) is 11.8 Å². The topological polar surface area (TPSA) is 66.5 Å². The molecule has 3 aromatic carbocycles. The number of hydrogen-bond donors (Lipinski definition) is 1. The van der Waals surface area contributed by atoms with Crippen molar-refractivity contribution in [2.45, 2.75) is 41.2 Å². The third-order valence-corrected chi connectivity index (χ3v) is 9.05. The SMILES string of the molecule is O=C(Nc1ccc(CSc2ccccc2)cc1)c1cc(S(=O)(=O)N2CCCCCC2)ccc1Cl. The zero-order chi connectivity index (χ0) is 24.0. The molecular weight excluding hydrogens is 488 g/mol. The largest absolute Gasteiger partial charge is 0.322 e. The Morgan fingerprint density at radius 1 is 0.912 bits per heavy atom. The summed E-state index contributed by atoms with van der Waals surface area (Å²) >= 11 is 8.02. The highest BCUT2D eigenvalue weighted by Crippen LogP contribution is 2.27. The van der Waals surface area contributed by atoms with Crippen molar-refractivity contribution < 1.29 is 13.2 Å². The number of thioether (sulfide) groups is 1. The molecule has 0 unspecified atom stereocenters. The van der Waals surface area contributed by atoms with E-state index in [4.69, 9.17) is 11.6 Å². The molecule has 0 aliphatic carbocycles. The minimum Gasteiger partial charge on any atom is -0.322 e. The van der Waals surface area contributed by atoms with E-state index < -0.39 is 15.9 Å². The summed E-state index contributed by atoms with van der Waals surface area (Å²) in [5, 5.41) is 3.04. The zero-order valence-corrected chi connectivity index (χ0v) is 21.1. The number of rotatable bonds is 7. The van der Waals surface area contributed by atoms with Gasteiger partial charge in [0.15, 0.2) is 0 Å². The average molecular weight is 515 g/mol. The number of anilines is 1. The third kappa shape index (κ3) is 6.21. The summed E-state index contributed by atoms with van der Waals surface area (Å²) in [6.07, 6.45) is 3.76. The van der Waals surface area contributed by atoms with Crippen LogP contribution in [0.1, 0.15) is 41.6 Å². The average Bonchev–Trinajstić information content (AvgIpc) is 3.15. The maximum atomic E-state index is 13.1. The van der Waals surface area contributed by atoms with Crippen LogP contribution in [-0.2, 0) is 15.8 Å². The standard InChI is InChI=1S/C26H27ClN2O3S2/c27-25-15-14-23(34(31,32)29-16-6-1-2-7-17-29)18-24(25)26(30)28-21-12-10-20(11-13-21)19-33-22-8-4-3-5-9-22/h3-5,8-15,18H,1-2,6-7,16-17,19H2,(H,28,30). The van der Waals surface area contributed by atoms with Gasteiger partial charge in [-0.25, -0.2) is 8.42 Å². The molecule has 0 bridgehead atoms. The molecule has 0 saturated carbocycles. The number of amides is 1. The van der Waals surface area contributed by atoms with Crippen LogP contribution in [0.25, 0.3) is 0 Å². The predicted molar refractivity (Wildman–Crippen MR) is 139 cm³/mol. The lowest BCUT2D eigenvalue weighted by molar-refractivity contribution is 0.102. The fourth-order valence-corrected chi connectivity index (χ4v) is 6.46. The summed E-state index contributed by atoms with van der Waals surface area (Å²) in [4.78, 5) is 14.2. The van der Waals surface area contributed by atoms with Crippen molar-refractivity contribution in [2.75, 3.05) is 18.4 Å². The van der Waals surface area contributed by atoms with Crippen LogP contribution in [0.4, 0.5) is 5.69 Å². The lowest BCUT2D eigenvalue weighted by atomic mass is 10.2. The number of nitrogens with one attached hydrogen (secondary N) is 1. The first-order valence-electron chi connectivity index (χ1n) is 11.3. The summed E-state index contributed by atoms with van der Waals surface area (Å²) in [7, 11) is -3.67. The molecule has 4 rings (SSSR count). The van der Waals surface area contributed by atoms with Crippen LogP contribution < -0.4 is 5.32 Å². The van der Waals surface area contributed by atoms with Gasteiger partial charge in [-0.2, -0.15) is 4.31 Å². The van der Waals surface area contributed by atoms with E-state index in [-0.39, 0.29) is 15.5 Å². The maximum Gasteiger partial charge on any atom is 0.257 e. The molecule has 0 atom stereocenters. The van der Waals surface area contributed by atoms with Crippen molar-refractivity contribution >= 4 is 45.0 Å². The number of halogens is 1. The molecule has 34 heavy (non-hydrogen) atoms. The minimum atomic E-state index is -3.67. The Bertz CT molecular complexity index is 1220. The summed E-state index contributed by atoms with van der Waals surface area (Å²) in [5.41, 5.74) is 1.90. The van der Waals surface area contributed by atoms with Crippen molar-refractivity contribution in [3.05, 3.63) is 88.9 Å². The van der Waals surface area contributed by atoms with Crippen LogP contribution >= 0.6 is 23.4 Å². The van der Waals surface area contributed by atoms with Crippen LogP contribution in [0.2, 0.25) is 5.02 Å². The second kappa shape index (κ2) is 11.4. The Balaban J connectivity index is 1.44. The van der Waals surface area contributed by atoms with Gasteiger partial charge in [0.05, 0.1) is 15.5 Å². The van der Waals surface area contributed by atoms with Gasteiger partial charge in [0, 0.05) is 29.4 Å². The van der Waals surface area contributed by atoms with Crippen LogP contribution in [0.3, 0.4) is 0 Å².